The summed E-state index contributed by atoms with van der Waals surface area (Å²) in [4.78, 5) is 0. The van der Waals surface area contributed by atoms with E-state index in [1.807, 2.05) is 48.5 Å². The zero-order chi connectivity index (χ0) is 11.4. The number of methoxy groups -OCH3 is 1. The molecule has 0 atom stereocenters. The first-order chi connectivity index (χ1) is 7.81. The molecule has 0 fully saturated rings. The van der Waals surface area contributed by atoms with E-state index < -0.39 is 0 Å². The second-order valence-corrected chi connectivity index (χ2v) is 3.98. The molecule has 2 rings (SSSR count). The summed E-state index contributed by atoms with van der Waals surface area (Å²) in [5.74, 6) is 2.30. The van der Waals surface area contributed by atoms with Crippen LogP contribution in [0.1, 0.15) is 0 Å². The average molecular weight is 279 g/mol. The Hall–Kier alpha value is -1.48. The number of rotatable bonds is 3. The highest BCUT2D eigenvalue weighted by Gasteiger charge is 2.07. The van der Waals surface area contributed by atoms with E-state index in [4.69, 9.17) is 9.47 Å². The third-order valence-corrected chi connectivity index (χ3v) is 2.90. The number of hydrogen-bond acceptors (Lipinski definition) is 2. The van der Waals surface area contributed by atoms with E-state index in [0.717, 1.165) is 21.7 Å². The lowest BCUT2D eigenvalue weighted by molar-refractivity contribution is 0.405. The Morgan fingerprint density at radius 3 is 2.25 bits per heavy atom. The molecule has 3 heteroatoms. The van der Waals surface area contributed by atoms with E-state index in [1.165, 1.54) is 0 Å². The first kappa shape index (κ1) is 11.0. The molecule has 0 saturated carbocycles. The van der Waals surface area contributed by atoms with Crippen LogP contribution in [0.4, 0.5) is 0 Å². The molecule has 0 aliphatic heterocycles. The van der Waals surface area contributed by atoms with Crippen molar-refractivity contribution in [3.63, 3.8) is 0 Å². The Morgan fingerprint density at radius 1 is 0.875 bits per heavy atom. The maximum atomic E-state index is 5.72. The van der Waals surface area contributed by atoms with Crippen LogP contribution >= 0.6 is 15.9 Å². The molecule has 0 aliphatic carbocycles. The molecular weight excluding hydrogens is 268 g/mol. The van der Waals surface area contributed by atoms with Crippen LogP contribution in [0.25, 0.3) is 0 Å². The minimum Gasteiger partial charge on any atom is -0.495 e. The van der Waals surface area contributed by atoms with Gasteiger partial charge in [0.05, 0.1) is 7.11 Å². The lowest BCUT2D eigenvalue weighted by Gasteiger charge is -2.10. The van der Waals surface area contributed by atoms with Crippen molar-refractivity contribution in [2.45, 2.75) is 0 Å². The maximum absolute atomic E-state index is 5.72. The molecule has 0 aromatic heterocycles. The summed E-state index contributed by atoms with van der Waals surface area (Å²) in [6.45, 7) is 0. The van der Waals surface area contributed by atoms with Crippen molar-refractivity contribution in [1.82, 2.24) is 0 Å². The number of para-hydroxylation sites is 1. The number of ether oxygens (including phenoxy) is 2. The topological polar surface area (TPSA) is 18.5 Å². The highest BCUT2D eigenvalue weighted by atomic mass is 79.9. The fraction of sp³-hybridized carbons (Fsp3) is 0.0769. The van der Waals surface area contributed by atoms with E-state index in [9.17, 15) is 0 Å². The Morgan fingerprint density at radius 2 is 1.56 bits per heavy atom. The first-order valence-corrected chi connectivity index (χ1v) is 5.66. The highest BCUT2D eigenvalue weighted by molar-refractivity contribution is 9.10. The fourth-order valence-electron chi connectivity index (χ4n) is 1.34. The van der Waals surface area contributed by atoms with E-state index in [2.05, 4.69) is 15.9 Å². The van der Waals surface area contributed by atoms with Crippen molar-refractivity contribution in [1.29, 1.82) is 0 Å². The van der Waals surface area contributed by atoms with Crippen LogP contribution in [0.15, 0.2) is 53.0 Å². The molecule has 0 radical (unpaired) electrons. The lowest BCUT2D eigenvalue weighted by Crippen LogP contribution is -1.88. The van der Waals surface area contributed by atoms with Crippen molar-refractivity contribution in [3.05, 3.63) is 53.0 Å². The Kier molecular flexibility index (Phi) is 3.47. The van der Waals surface area contributed by atoms with Gasteiger partial charge in [0.2, 0.25) is 0 Å². The minimum atomic E-state index is 0.741. The van der Waals surface area contributed by atoms with Crippen molar-refractivity contribution in [3.8, 4) is 17.2 Å². The SMILES string of the molecule is COc1cccc(Oc2ccccc2)c1Br. The van der Waals surface area contributed by atoms with Gasteiger partial charge in [0.15, 0.2) is 0 Å². The average Bonchev–Trinajstić information content (AvgIpc) is 2.33. The standard InChI is InChI=1S/C13H11BrO2/c1-15-11-8-5-9-12(13(11)14)16-10-6-3-2-4-7-10/h2-9H,1H3. The van der Waals surface area contributed by atoms with Crippen molar-refractivity contribution in [2.75, 3.05) is 7.11 Å². The van der Waals surface area contributed by atoms with Gasteiger partial charge in [-0.25, -0.2) is 0 Å². The summed E-state index contributed by atoms with van der Waals surface area (Å²) in [6.07, 6.45) is 0. The molecule has 0 bridgehead atoms. The van der Waals surface area contributed by atoms with Gasteiger partial charge in [-0.05, 0) is 40.2 Å². The summed E-state index contributed by atoms with van der Waals surface area (Å²) < 4.78 is 11.7. The van der Waals surface area contributed by atoms with Crippen molar-refractivity contribution >= 4 is 15.9 Å². The quantitative estimate of drug-likeness (QED) is 0.836. The van der Waals surface area contributed by atoms with Gasteiger partial charge >= 0.3 is 0 Å². The molecule has 0 amide bonds. The van der Waals surface area contributed by atoms with E-state index in [1.54, 1.807) is 7.11 Å². The Balaban J connectivity index is 2.28. The molecule has 2 aromatic carbocycles. The Bertz CT molecular complexity index is 469. The van der Waals surface area contributed by atoms with Gasteiger partial charge in [0, 0.05) is 0 Å². The van der Waals surface area contributed by atoms with E-state index in [-0.39, 0.29) is 0 Å². The number of benzene rings is 2. The van der Waals surface area contributed by atoms with Gasteiger partial charge in [-0.1, -0.05) is 24.3 Å². The maximum Gasteiger partial charge on any atom is 0.145 e. The molecule has 0 spiro atoms. The molecule has 16 heavy (non-hydrogen) atoms. The molecule has 0 unspecified atom stereocenters. The van der Waals surface area contributed by atoms with Crippen molar-refractivity contribution < 1.29 is 9.47 Å². The van der Waals surface area contributed by atoms with Crippen molar-refractivity contribution in [2.24, 2.45) is 0 Å². The summed E-state index contributed by atoms with van der Waals surface area (Å²) in [5, 5.41) is 0. The largest absolute Gasteiger partial charge is 0.495 e. The van der Waals surface area contributed by atoms with Gasteiger partial charge in [-0.2, -0.15) is 0 Å². The number of halogens is 1. The molecule has 0 heterocycles. The van der Waals surface area contributed by atoms with Crippen LogP contribution in [0, 0.1) is 0 Å². The Labute approximate surface area is 103 Å². The zero-order valence-electron chi connectivity index (χ0n) is 8.81. The zero-order valence-corrected chi connectivity index (χ0v) is 10.4. The van der Waals surface area contributed by atoms with Crippen LogP contribution in [0.3, 0.4) is 0 Å². The summed E-state index contributed by atoms with van der Waals surface area (Å²) in [6, 6.07) is 15.3. The fourth-order valence-corrected chi connectivity index (χ4v) is 1.85. The summed E-state index contributed by atoms with van der Waals surface area (Å²) in [5.41, 5.74) is 0. The molecule has 0 aliphatic rings. The second-order valence-electron chi connectivity index (χ2n) is 3.19. The predicted octanol–water partition coefficient (Wildman–Crippen LogP) is 4.25. The van der Waals surface area contributed by atoms with Gasteiger partial charge in [-0.3, -0.25) is 0 Å². The molecule has 0 saturated heterocycles. The summed E-state index contributed by atoms with van der Waals surface area (Å²) in [7, 11) is 1.63. The highest BCUT2D eigenvalue weighted by Crippen LogP contribution is 2.36. The smallest absolute Gasteiger partial charge is 0.145 e. The van der Waals surface area contributed by atoms with Crippen LogP contribution in [0.5, 0.6) is 17.2 Å². The molecule has 0 N–H and O–H groups in total. The van der Waals surface area contributed by atoms with E-state index in [0.29, 0.717) is 0 Å². The van der Waals surface area contributed by atoms with Gasteiger partial charge in [0.1, 0.15) is 21.7 Å². The third-order valence-electron chi connectivity index (χ3n) is 2.12. The molecule has 82 valence electrons. The first-order valence-electron chi connectivity index (χ1n) is 4.86. The summed E-state index contributed by atoms with van der Waals surface area (Å²) >= 11 is 3.45. The molecule has 2 nitrogen and oxygen atoms in total. The normalized spacial score (nSPS) is 9.88. The van der Waals surface area contributed by atoms with E-state index >= 15 is 0 Å². The predicted molar refractivity (Wildman–Crippen MR) is 67.2 cm³/mol. The monoisotopic (exact) mass is 278 g/mol. The van der Waals surface area contributed by atoms with Crippen LogP contribution in [-0.2, 0) is 0 Å². The van der Waals surface area contributed by atoms with Crippen LogP contribution in [-0.4, -0.2) is 7.11 Å². The lowest BCUT2D eigenvalue weighted by atomic mass is 10.3. The van der Waals surface area contributed by atoms with Gasteiger partial charge in [-0.15, -0.1) is 0 Å². The second kappa shape index (κ2) is 5.03. The third kappa shape index (κ3) is 2.36. The van der Waals surface area contributed by atoms with Crippen LogP contribution < -0.4 is 9.47 Å². The molecular formula is C13H11BrO2. The molecule has 2 aromatic rings. The van der Waals surface area contributed by atoms with Gasteiger partial charge in [0.25, 0.3) is 0 Å². The van der Waals surface area contributed by atoms with Crippen LogP contribution in [0.2, 0.25) is 0 Å². The van der Waals surface area contributed by atoms with Gasteiger partial charge < -0.3 is 9.47 Å². The number of hydrogen-bond donors (Lipinski definition) is 0. The minimum absolute atomic E-state index is 0.741.